The molecule has 0 heterocycles. The lowest BCUT2D eigenvalue weighted by Gasteiger charge is -2.15. The maximum Gasteiger partial charge on any atom is 0.277 e. The van der Waals surface area contributed by atoms with Gasteiger partial charge in [0.1, 0.15) is 0 Å². The Labute approximate surface area is 98.1 Å². The molecule has 0 saturated heterocycles. The van der Waals surface area contributed by atoms with E-state index in [9.17, 15) is 4.79 Å². The number of hydrogen-bond acceptors (Lipinski definition) is 2. The minimum Gasteiger partial charge on any atom is -0.274 e. The number of rotatable bonds is 3. The average Bonchev–Trinajstić information content (AvgIpc) is 2.27. The highest BCUT2D eigenvalue weighted by Crippen LogP contribution is 2.18. The van der Waals surface area contributed by atoms with Gasteiger partial charge >= 0.3 is 0 Å². The quantitative estimate of drug-likeness (QED) is 0.792. The van der Waals surface area contributed by atoms with Gasteiger partial charge < -0.3 is 0 Å². The second-order valence-corrected chi connectivity index (χ2v) is 4.06. The van der Waals surface area contributed by atoms with Gasteiger partial charge in [0.2, 0.25) is 0 Å². The fraction of sp³-hybridized carbons (Fsp3) is 0.364. The first-order valence-corrected chi connectivity index (χ1v) is 5.50. The van der Waals surface area contributed by atoms with Crippen molar-refractivity contribution in [2.24, 2.45) is 0 Å². The molecule has 0 atom stereocenters. The van der Waals surface area contributed by atoms with E-state index in [2.05, 4.69) is 15.9 Å². The molecule has 0 aliphatic heterocycles. The molecule has 0 spiro atoms. The van der Waals surface area contributed by atoms with Gasteiger partial charge in [0.05, 0.1) is 7.11 Å². The Morgan fingerprint density at radius 2 is 2.20 bits per heavy atom. The van der Waals surface area contributed by atoms with Crippen LogP contribution < -0.4 is 0 Å². The normalized spacial score (nSPS) is 10.1. The molecule has 1 amide bonds. The first-order valence-electron chi connectivity index (χ1n) is 4.70. The van der Waals surface area contributed by atoms with E-state index in [0.29, 0.717) is 5.56 Å². The van der Waals surface area contributed by atoms with Crippen LogP contribution in [0.2, 0.25) is 0 Å². The zero-order chi connectivity index (χ0) is 11.4. The molecular weight excluding hydrogens is 258 g/mol. The Morgan fingerprint density at radius 1 is 1.53 bits per heavy atom. The third-order valence-corrected chi connectivity index (χ3v) is 2.74. The second kappa shape index (κ2) is 5.28. The van der Waals surface area contributed by atoms with Crippen molar-refractivity contribution < 1.29 is 9.63 Å². The zero-order valence-electron chi connectivity index (χ0n) is 9.08. The van der Waals surface area contributed by atoms with Crippen molar-refractivity contribution >= 4 is 21.8 Å². The third-order valence-electron chi connectivity index (χ3n) is 2.24. The van der Waals surface area contributed by atoms with E-state index in [-0.39, 0.29) is 5.91 Å². The van der Waals surface area contributed by atoms with E-state index in [4.69, 9.17) is 4.84 Å². The predicted octanol–water partition coefficient (Wildman–Crippen LogP) is 2.64. The van der Waals surface area contributed by atoms with Gasteiger partial charge in [-0.15, -0.1) is 0 Å². The fourth-order valence-electron chi connectivity index (χ4n) is 1.31. The van der Waals surface area contributed by atoms with E-state index in [0.717, 1.165) is 16.5 Å². The molecule has 15 heavy (non-hydrogen) atoms. The van der Waals surface area contributed by atoms with Gasteiger partial charge in [0.15, 0.2) is 0 Å². The number of halogens is 1. The number of aryl methyl sites for hydroxylation is 1. The largest absolute Gasteiger partial charge is 0.277 e. The van der Waals surface area contributed by atoms with Crippen LogP contribution in [0, 0.1) is 0 Å². The molecule has 0 radical (unpaired) electrons. The maximum absolute atomic E-state index is 11.9. The zero-order valence-corrected chi connectivity index (χ0v) is 10.7. The van der Waals surface area contributed by atoms with Crippen LogP contribution in [0.5, 0.6) is 0 Å². The third kappa shape index (κ3) is 2.79. The lowest BCUT2D eigenvalue weighted by molar-refractivity contribution is -0.0757. The second-order valence-electron chi connectivity index (χ2n) is 3.14. The first-order chi connectivity index (χ1) is 7.10. The monoisotopic (exact) mass is 271 g/mol. The molecule has 3 nitrogen and oxygen atoms in total. The number of benzene rings is 1. The van der Waals surface area contributed by atoms with Crippen LogP contribution >= 0.6 is 15.9 Å². The van der Waals surface area contributed by atoms with Gasteiger partial charge in [-0.25, -0.2) is 5.06 Å². The number of hydrogen-bond donors (Lipinski definition) is 0. The van der Waals surface area contributed by atoms with Gasteiger partial charge in [-0.2, -0.15) is 0 Å². The minimum absolute atomic E-state index is 0.129. The number of nitrogens with zero attached hydrogens (tertiary/aromatic N) is 1. The van der Waals surface area contributed by atoms with Gasteiger partial charge in [-0.1, -0.05) is 28.9 Å². The maximum atomic E-state index is 11.9. The van der Waals surface area contributed by atoms with Crippen LogP contribution in [0.3, 0.4) is 0 Å². The molecule has 0 N–H and O–H groups in total. The van der Waals surface area contributed by atoms with Crippen LogP contribution in [0.4, 0.5) is 0 Å². The molecule has 1 aromatic carbocycles. The summed E-state index contributed by atoms with van der Waals surface area (Å²) < 4.78 is 0.896. The van der Waals surface area contributed by atoms with Gasteiger partial charge in [0.25, 0.3) is 5.91 Å². The summed E-state index contributed by atoms with van der Waals surface area (Å²) in [4.78, 5) is 16.8. The fourth-order valence-corrected chi connectivity index (χ4v) is 1.67. The molecule has 4 heteroatoms. The summed E-state index contributed by atoms with van der Waals surface area (Å²) in [6.07, 6.45) is 0.825. The molecule has 0 unspecified atom stereocenters. The molecule has 0 aliphatic rings. The summed E-state index contributed by atoms with van der Waals surface area (Å²) in [7, 11) is 3.07. The van der Waals surface area contributed by atoms with E-state index in [1.807, 2.05) is 25.1 Å². The first kappa shape index (κ1) is 12.2. The summed E-state index contributed by atoms with van der Waals surface area (Å²) in [5.74, 6) is -0.129. The SMILES string of the molecule is CCc1ccc(Br)cc1C(=O)N(C)OC. The molecule has 0 aromatic heterocycles. The summed E-state index contributed by atoms with van der Waals surface area (Å²) in [5.41, 5.74) is 1.70. The molecule has 1 rings (SSSR count). The molecule has 82 valence electrons. The Kier molecular flexibility index (Phi) is 4.29. The summed E-state index contributed by atoms with van der Waals surface area (Å²) in [6, 6.07) is 5.69. The summed E-state index contributed by atoms with van der Waals surface area (Å²) in [6.45, 7) is 2.02. The van der Waals surface area contributed by atoms with Crippen molar-refractivity contribution in [3.8, 4) is 0 Å². The lowest BCUT2D eigenvalue weighted by Crippen LogP contribution is -2.26. The Morgan fingerprint density at radius 3 is 2.73 bits per heavy atom. The highest BCUT2D eigenvalue weighted by Gasteiger charge is 2.15. The van der Waals surface area contributed by atoms with Gasteiger partial charge in [-0.05, 0) is 24.1 Å². The summed E-state index contributed by atoms with van der Waals surface area (Å²) in [5, 5.41) is 1.22. The Hall–Kier alpha value is -0.870. The highest BCUT2D eigenvalue weighted by atomic mass is 79.9. The molecule has 0 aliphatic carbocycles. The van der Waals surface area contributed by atoms with Crippen LogP contribution in [-0.4, -0.2) is 25.1 Å². The highest BCUT2D eigenvalue weighted by molar-refractivity contribution is 9.10. The van der Waals surface area contributed by atoms with Crippen molar-refractivity contribution in [2.45, 2.75) is 13.3 Å². The van der Waals surface area contributed by atoms with Crippen molar-refractivity contribution in [3.63, 3.8) is 0 Å². The van der Waals surface area contributed by atoms with Gasteiger partial charge in [0, 0.05) is 17.1 Å². The molecule has 1 aromatic rings. The predicted molar refractivity (Wildman–Crippen MR) is 62.6 cm³/mol. The van der Waals surface area contributed by atoms with Crippen molar-refractivity contribution in [1.29, 1.82) is 0 Å². The van der Waals surface area contributed by atoms with Crippen LogP contribution in [0.1, 0.15) is 22.8 Å². The van der Waals surface area contributed by atoms with E-state index < -0.39 is 0 Å². The lowest BCUT2D eigenvalue weighted by atomic mass is 10.0. The van der Waals surface area contributed by atoms with Crippen molar-refractivity contribution in [3.05, 3.63) is 33.8 Å². The number of amides is 1. The Balaban J connectivity index is 3.11. The molecule has 0 saturated carbocycles. The van der Waals surface area contributed by atoms with Gasteiger partial charge in [-0.3, -0.25) is 9.63 Å². The molecular formula is C11H14BrNO2. The molecule has 0 bridgehead atoms. The van der Waals surface area contributed by atoms with Crippen molar-refractivity contribution in [1.82, 2.24) is 5.06 Å². The van der Waals surface area contributed by atoms with E-state index in [1.165, 1.54) is 12.2 Å². The van der Waals surface area contributed by atoms with Crippen LogP contribution in [0.15, 0.2) is 22.7 Å². The van der Waals surface area contributed by atoms with Crippen LogP contribution in [-0.2, 0) is 11.3 Å². The number of hydroxylamine groups is 2. The topological polar surface area (TPSA) is 29.5 Å². The smallest absolute Gasteiger partial charge is 0.274 e. The number of carbonyl (C=O) groups excluding carboxylic acids is 1. The Bertz CT molecular complexity index is 366. The van der Waals surface area contributed by atoms with E-state index in [1.54, 1.807) is 7.05 Å². The van der Waals surface area contributed by atoms with E-state index >= 15 is 0 Å². The molecule has 0 fully saturated rings. The summed E-state index contributed by atoms with van der Waals surface area (Å²) >= 11 is 3.35. The standard InChI is InChI=1S/C11H14BrNO2/c1-4-8-5-6-9(12)7-10(8)11(14)13(2)15-3/h5-7H,4H2,1-3H3. The van der Waals surface area contributed by atoms with Crippen LogP contribution in [0.25, 0.3) is 0 Å². The number of carbonyl (C=O) groups is 1. The average molecular weight is 272 g/mol. The minimum atomic E-state index is -0.129. The van der Waals surface area contributed by atoms with Crippen molar-refractivity contribution in [2.75, 3.05) is 14.2 Å².